The molecule has 2 heterocycles. The maximum Gasteiger partial charge on any atom is 0.248 e. The largest absolute Gasteiger partial charge is 0.456 e. The maximum absolute atomic E-state index is 11.1. The van der Waals surface area contributed by atoms with Crippen LogP contribution in [0.5, 0.6) is 11.5 Å². The fraction of sp³-hybridized carbons (Fsp3) is 0.200. The summed E-state index contributed by atoms with van der Waals surface area (Å²) in [6.07, 6.45) is 2.82. The van der Waals surface area contributed by atoms with Crippen molar-refractivity contribution in [3.63, 3.8) is 0 Å². The standard InChI is InChI=1S/C15H15N3O2S/c16-14(19)10-2-4-11(5-3-10)20-12-6-8-18-15-13(12)21-9-1-7-17-15/h2-6,8H,1,7,9H2,(H2,16,19)(H,17,18). The van der Waals surface area contributed by atoms with Crippen LogP contribution in [-0.4, -0.2) is 23.2 Å². The molecular formula is C15H15N3O2S. The zero-order valence-electron chi connectivity index (χ0n) is 11.3. The summed E-state index contributed by atoms with van der Waals surface area (Å²) >= 11 is 1.74. The lowest BCUT2D eigenvalue weighted by atomic mass is 10.2. The Balaban J connectivity index is 1.86. The number of nitrogens with one attached hydrogen (secondary N) is 1. The van der Waals surface area contributed by atoms with Crippen molar-refractivity contribution < 1.29 is 9.53 Å². The predicted octanol–water partition coefficient (Wildman–Crippen LogP) is 2.88. The van der Waals surface area contributed by atoms with Gasteiger partial charge in [-0.1, -0.05) is 0 Å². The zero-order valence-corrected chi connectivity index (χ0v) is 12.2. The maximum atomic E-state index is 11.1. The van der Waals surface area contributed by atoms with Gasteiger partial charge >= 0.3 is 0 Å². The van der Waals surface area contributed by atoms with Gasteiger partial charge < -0.3 is 15.8 Å². The Morgan fingerprint density at radius 3 is 2.86 bits per heavy atom. The summed E-state index contributed by atoms with van der Waals surface area (Å²) in [5.74, 6) is 2.88. The van der Waals surface area contributed by atoms with Crippen LogP contribution in [0.15, 0.2) is 41.4 Å². The molecule has 108 valence electrons. The van der Waals surface area contributed by atoms with Gasteiger partial charge in [0.2, 0.25) is 5.91 Å². The smallest absolute Gasteiger partial charge is 0.248 e. The van der Waals surface area contributed by atoms with E-state index in [4.69, 9.17) is 10.5 Å². The van der Waals surface area contributed by atoms with Gasteiger partial charge in [0.25, 0.3) is 0 Å². The average Bonchev–Trinajstić information content (AvgIpc) is 2.74. The van der Waals surface area contributed by atoms with Crippen LogP contribution in [-0.2, 0) is 0 Å². The van der Waals surface area contributed by atoms with Crippen LogP contribution in [0.2, 0.25) is 0 Å². The number of hydrogen-bond acceptors (Lipinski definition) is 5. The van der Waals surface area contributed by atoms with Crippen LogP contribution in [0.25, 0.3) is 0 Å². The van der Waals surface area contributed by atoms with Crippen molar-refractivity contribution in [1.29, 1.82) is 0 Å². The normalized spacial score (nSPS) is 13.7. The molecule has 0 bridgehead atoms. The summed E-state index contributed by atoms with van der Waals surface area (Å²) in [5, 5.41) is 3.30. The number of nitrogens with zero attached hydrogens (tertiary/aromatic N) is 1. The van der Waals surface area contributed by atoms with Crippen molar-refractivity contribution >= 4 is 23.5 Å². The Morgan fingerprint density at radius 2 is 2.10 bits per heavy atom. The number of benzene rings is 1. The number of anilines is 1. The SMILES string of the molecule is NC(=O)c1ccc(Oc2ccnc3c2SCCCN3)cc1. The van der Waals surface area contributed by atoms with E-state index in [1.807, 2.05) is 6.07 Å². The number of pyridine rings is 1. The van der Waals surface area contributed by atoms with Crippen molar-refractivity contribution in [2.45, 2.75) is 11.3 Å². The van der Waals surface area contributed by atoms with Crippen molar-refractivity contribution in [1.82, 2.24) is 4.98 Å². The van der Waals surface area contributed by atoms with Crippen LogP contribution in [0.4, 0.5) is 5.82 Å². The molecule has 5 nitrogen and oxygen atoms in total. The Labute approximate surface area is 126 Å². The summed E-state index contributed by atoms with van der Waals surface area (Å²) < 4.78 is 5.91. The van der Waals surface area contributed by atoms with E-state index >= 15 is 0 Å². The number of aromatic nitrogens is 1. The number of primary amides is 1. The van der Waals surface area contributed by atoms with Crippen LogP contribution in [0.3, 0.4) is 0 Å². The topological polar surface area (TPSA) is 77.2 Å². The lowest BCUT2D eigenvalue weighted by Gasteiger charge is -2.12. The molecule has 0 saturated heterocycles. The highest BCUT2D eigenvalue weighted by Gasteiger charge is 2.15. The number of nitrogens with two attached hydrogens (primary N) is 1. The quantitative estimate of drug-likeness (QED) is 0.911. The molecule has 1 aliphatic heterocycles. The number of ether oxygens (including phenoxy) is 1. The lowest BCUT2D eigenvalue weighted by molar-refractivity contribution is 0.100. The molecule has 1 amide bonds. The van der Waals surface area contributed by atoms with Gasteiger partial charge in [-0.05, 0) is 36.4 Å². The molecule has 0 atom stereocenters. The van der Waals surface area contributed by atoms with Crippen molar-refractivity contribution in [2.24, 2.45) is 5.73 Å². The second-order valence-electron chi connectivity index (χ2n) is 4.61. The van der Waals surface area contributed by atoms with E-state index in [9.17, 15) is 4.79 Å². The monoisotopic (exact) mass is 301 g/mol. The molecule has 21 heavy (non-hydrogen) atoms. The molecule has 3 rings (SSSR count). The molecule has 3 N–H and O–H groups in total. The molecule has 0 aliphatic carbocycles. The van der Waals surface area contributed by atoms with E-state index in [0.29, 0.717) is 11.3 Å². The van der Waals surface area contributed by atoms with Gasteiger partial charge in [-0.3, -0.25) is 4.79 Å². The molecule has 0 unspecified atom stereocenters. The van der Waals surface area contributed by atoms with E-state index < -0.39 is 5.91 Å². The van der Waals surface area contributed by atoms with Crippen molar-refractivity contribution in [3.05, 3.63) is 42.1 Å². The minimum Gasteiger partial charge on any atom is -0.456 e. The summed E-state index contributed by atoms with van der Waals surface area (Å²) in [4.78, 5) is 16.4. The van der Waals surface area contributed by atoms with Crippen molar-refractivity contribution in [2.75, 3.05) is 17.6 Å². The Morgan fingerprint density at radius 1 is 1.29 bits per heavy atom. The second-order valence-corrected chi connectivity index (χ2v) is 5.71. The third-order valence-corrected chi connectivity index (χ3v) is 4.27. The lowest BCUT2D eigenvalue weighted by Crippen LogP contribution is -2.10. The molecule has 0 radical (unpaired) electrons. The summed E-state index contributed by atoms with van der Waals surface area (Å²) in [6, 6.07) is 8.64. The first kappa shape index (κ1) is 13.8. The number of hydrogen-bond donors (Lipinski definition) is 2. The van der Waals surface area contributed by atoms with Gasteiger partial charge in [-0.15, -0.1) is 11.8 Å². The van der Waals surface area contributed by atoms with Crippen molar-refractivity contribution in [3.8, 4) is 11.5 Å². The summed E-state index contributed by atoms with van der Waals surface area (Å²) in [7, 11) is 0. The molecule has 1 aliphatic rings. The van der Waals surface area contributed by atoms with Gasteiger partial charge in [0.1, 0.15) is 17.3 Å². The number of fused-ring (bicyclic) bond motifs is 1. The second kappa shape index (κ2) is 6.05. The molecule has 0 fully saturated rings. The first-order valence-electron chi connectivity index (χ1n) is 6.67. The summed E-state index contributed by atoms with van der Waals surface area (Å²) in [6.45, 7) is 0.920. The fourth-order valence-electron chi connectivity index (χ4n) is 2.04. The van der Waals surface area contributed by atoms with Gasteiger partial charge in [-0.2, -0.15) is 0 Å². The van der Waals surface area contributed by atoms with Gasteiger partial charge in [-0.25, -0.2) is 4.98 Å². The van der Waals surface area contributed by atoms with Crippen LogP contribution >= 0.6 is 11.8 Å². The molecule has 1 aromatic heterocycles. The number of thioether (sulfide) groups is 1. The molecule has 2 aromatic rings. The average molecular weight is 301 g/mol. The fourth-order valence-corrected chi connectivity index (χ4v) is 3.05. The molecule has 1 aromatic carbocycles. The molecular weight excluding hydrogens is 286 g/mol. The first-order valence-corrected chi connectivity index (χ1v) is 7.66. The molecule has 0 saturated carbocycles. The van der Waals surface area contributed by atoms with E-state index in [1.54, 1.807) is 42.2 Å². The highest BCUT2D eigenvalue weighted by atomic mass is 32.2. The highest BCUT2D eigenvalue weighted by Crippen LogP contribution is 2.38. The number of carbonyl (C=O) groups is 1. The van der Waals surface area contributed by atoms with E-state index in [-0.39, 0.29) is 0 Å². The van der Waals surface area contributed by atoms with Crippen LogP contribution in [0.1, 0.15) is 16.8 Å². The van der Waals surface area contributed by atoms with Gasteiger partial charge in [0, 0.05) is 24.4 Å². The van der Waals surface area contributed by atoms with Gasteiger partial charge in [0.15, 0.2) is 0 Å². The molecule has 6 heteroatoms. The van der Waals surface area contributed by atoms with E-state index in [1.165, 1.54) is 0 Å². The third-order valence-electron chi connectivity index (χ3n) is 3.10. The first-order chi connectivity index (χ1) is 10.2. The Hall–Kier alpha value is -2.21. The predicted molar refractivity (Wildman–Crippen MR) is 83.1 cm³/mol. The number of amides is 1. The number of carbonyl (C=O) groups excluding carboxylic acids is 1. The van der Waals surface area contributed by atoms with Crippen LogP contribution < -0.4 is 15.8 Å². The van der Waals surface area contributed by atoms with E-state index in [2.05, 4.69) is 10.3 Å². The highest BCUT2D eigenvalue weighted by molar-refractivity contribution is 7.99. The third kappa shape index (κ3) is 3.11. The number of rotatable bonds is 3. The zero-order chi connectivity index (χ0) is 14.7. The molecule has 0 spiro atoms. The van der Waals surface area contributed by atoms with Crippen LogP contribution in [0, 0.1) is 0 Å². The minimum absolute atomic E-state index is 0.445. The Kier molecular flexibility index (Phi) is 3.96. The Bertz CT molecular complexity index is 658. The van der Waals surface area contributed by atoms with E-state index in [0.717, 1.165) is 35.2 Å². The van der Waals surface area contributed by atoms with Gasteiger partial charge in [0.05, 0.1) is 4.90 Å². The minimum atomic E-state index is -0.445. The summed E-state index contributed by atoms with van der Waals surface area (Å²) in [5.41, 5.74) is 5.69.